The van der Waals surface area contributed by atoms with Gasteiger partial charge in [0, 0.05) is 50.5 Å². The molecule has 0 aliphatic carbocycles. The number of aromatic nitrogens is 3. The fourth-order valence-corrected chi connectivity index (χ4v) is 2.72. The summed E-state index contributed by atoms with van der Waals surface area (Å²) in [5.41, 5.74) is 2.60. The lowest BCUT2D eigenvalue weighted by atomic mass is 10.2. The van der Waals surface area contributed by atoms with Crippen molar-refractivity contribution in [3.05, 3.63) is 77.9 Å². The minimum Gasteiger partial charge on any atom is -0.496 e. The van der Waals surface area contributed by atoms with Gasteiger partial charge in [-0.2, -0.15) is 0 Å². The molecule has 7 nitrogen and oxygen atoms in total. The van der Waals surface area contributed by atoms with Crippen LogP contribution in [0.15, 0.2) is 61.2 Å². The van der Waals surface area contributed by atoms with Gasteiger partial charge in [0.25, 0.3) is 5.91 Å². The van der Waals surface area contributed by atoms with Gasteiger partial charge in [0.15, 0.2) is 0 Å². The fourth-order valence-electron chi connectivity index (χ4n) is 2.72. The van der Waals surface area contributed by atoms with Gasteiger partial charge in [-0.05, 0) is 30.2 Å². The van der Waals surface area contributed by atoms with Gasteiger partial charge in [0.05, 0.1) is 12.7 Å². The van der Waals surface area contributed by atoms with Crippen LogP contribution in [-0.2, 0) is 13.0 Å². The Morgan fingerprint density at radius 3 is 2.54 bits per heavy atom. The summed E-state index contributed by atoms with van der Waals surface area (Å²) in [6, 6.07) is 11.6. The lowest BCUT2D eigenvalue weighted by Gasteiger charge is -2.17. The Morgan fingerprint density at radius 2 is 1.82 bits per heavy atom. The second-order valence-electron chi connectivity index (χ2n) is 6.29. The van der Waals surface area contributed by atoms with Crippen LogP contribution in [0.2, 0.25) is 0 Å². The molecule has 0 aliphatic rings. The third kappa shape index (κ3) is 5.03. The molecule has 2 aromatic heterocycles. The van der Waals surface area contributed by atoms with Gasteiger partial charge in [-0.3, -0.25) is 9.78 Å². The van der Waals surface area contributed by atoms with Crippen molar-refractivity contribution in [1.82, 2.24) is 19.9 Å². The maximum Gasteiger partial charge on any atom is 0.256 e. The largest absolute Gasteiger partial charge is 0.496 e. The quantitative estimate of drug-likeness (QED) is 0.650. The van der Waals surface area contributed by atoms with Crippen LogP contribution in [0.5, 0.6) is 5.75 Å². The Hall–Kier alpha value is -3.48. The summed E-state index contributed by atoms with van der Waals surface area (Å²) >= 11 is 0. The number of benzene rings is 1. The minimum absolute atomic E-state index is 0.106. The predicted octanol–water partition coefficient (Wildman–Crippen LogP) is 2.81. The molecular formula is C21H23N5O2. The Balaban J connectivity index is 1.55. The number of hydrogen-bond donors (Lipinski definition) is 1. The maximum absolute atomic E-state index is 12.5. The zero-order valence-corrected chi connectivity index (χ0v) is 16.0. The molecule has 0 fully saturated rings. The summed E-state index contributed by atoms with van der Waals surface area (Å²) in [5, 5.41) is 3.14. The van der Waals surface area contributed by atoms with Gasteiger partial charge in [0.1, 0.15) is 5.75 Å². The molecule has 1 N–H and O–H groups in total. The predicted molar refractivity (Wildman–Crippen MR) is 107 cm³/mol. The van der Waals surface area contributed by atoms with E-state index in [4.69, 9.17) is 4.74 Å². The van der Waals surface area contributed by atoms with Crippen molar-refractivity contribution in [2.45, 2.75) is 13.0 Å². The van der Waals surface area contributed by atoms with Gasteiger partial charge in [0.2, 0.25) is 5.95 Å². The number of para-hydroxylation sites is 1. The van der Waals surface area contributed by atoms with Gasteiger partial charge < -0.3 is 15.0 Å². The lowest BCUT2D eigenvalue weighted by molar-refractivity contribution is 0.0796. The Kier molecular flexibility index (Phi) is 6.51. The summed E-state index contributed by atoms with van der Waals surface area (Å²) in [6.07, 6.45) is 7.36. The first kappa shape index (κ1) is 19.3. The molecule has 0 saturated carbocycles. The van der Waals surface area contributed by atoms with Crippen molar-refractivity contribution in [2.24, 2.45) is 0 Å². The second-order valence-corrected chi connectivity index (χ2v) is 6.29. The molecule has 0 bridgehead atoms. The smallest absolute Gasteiger partial charge is 0.256 e. The average molecular weight is 377 g/mol. The van der Waals surface area contributed by atoms with E-state index in [0.29, 0.717) is 24.6 Å². The summed E-state index contributed by atoms with van der Waals surface area (Å²) in [4.78, 5) is 26.7. The van der Waals surface area contributed by atoms with E-state index in [-0.39, 0.29) is 5.91 Å². The first-order valence-corrected chi connectivity index (χ1v) is 8.99. The molecule has 0 saturated heterocycles. The number of likely N-dealkylation sites (N-methyl/N-ethyl adjacent to an activating group) is 1. The number of methoxy groups -OCH3 is 1. The van der Waals surface area contributed by atoms with E-state index in [1.165, 1.54) is 0 Å². The van der Waals surface area contributed by atoms with E-state index in [0.717, 1.165) is 23.3 Å². The third-order valence-corrected chi connectivity index (χ3v) is 4.36. The van der Waals surface area contributed by atoms with Gasteiger partial charge in [-0.25, -0.2) is 9.97 Å². The highest BCUT2D eigenvalue weighted by atomic mass is 16.5. The molecule has 3 aromatic rings. The Morgan fingerprint density at radius 1 is 1.11 bits per heavy atom. The average Bonchev–Trinajstić information content (AvgIpc) is 2.76. The highest BCUT2D eigenvalue weighted by molar-refractivity contribution is 5.93. The number of nitrogens with zero attached hydrogens (tertiary/aromatic N) is 4. The number of pyridine rings is 1. The molecule has 144 valence electrons. The zero-order chi connectivity index (χ0) is 19.8. The maximum atomic E-state index is 12.5. The molecule has 0 spiro atoms. The summed E-state index contributed by atoms with van der Waals surface area (Å²) in [6.45, 7) is 1.14. The number of rotatable bonds is 8. The first-order valence-electron chi connectivity index (χ1n) is 8.99. The number of ether oxygens (including phenoxy) is 1. The van der Waals surface area contributed by atoms with Crippen LogP contribution >= 0.6 is 0 Å². The number of amides is 1. The summed E-state index contributed by atoms with van der Waals surface area (Å²) in [5.74, 6) is 1.16. The Labute approximate surface area is 164 Å². The van der Waals surface area contributed by atoms with Crippen molar-refractivity contribution < 1.29 is 9.53 Å². The summed E-state index contributed by atoms with van der Waals surface area (Å²) < 4.78 is 5.33. The van der Waals surface area contributed by atoms with Crippen molar-refractivity contribution in [3.8, 4) is 5.75 Å². The van der Waals surface area contributed by atoms with Crippen molar-refractivity contribution in [2.75, 3.05) is 26.0 Å². The van der Waals surface area contributed by atoms with Gasteiger partial charge in [-0.15, -0.1) is 0 Å². The molecule has 1 amide bonds. The van der Waals surface area contributed by atoms with E-state index in [1.807, 2.05) is 36.4 Å². The molecule has 0 aliphatic heterocycles. The van der Waals surface area contributed by atoms with Crippen LogP contribution in [0.25, 0.3) is 0 Å². The minimum atomic E-state index is -0.106. The number of carbonyl (C=O) groups excluding carboxylic acids is 1. The first-order chi connectivity index (χ1) is 13.7. The molecule has 0 unspecified atom stereocenters. The van der Waals surface area contributed by atoms with Crippen LogP contribution in [-0.4, -0.2) is 46.5 Å². The molecule has 1 aromatic carbocycles. The van der Waals surface area contributed by atoms with Crippen LogP contribution in [0.3, 0.4) is 0 Å². The van der Waals surface area contributed by atoms with E-state index in [2.05, 4.69) is 20.3 Å². The highest BCUT2D eigenvalue weighted by Gasteiger charge is 2.13. The molecule has 28 heavy (non-hydrogen) atoms. The third-order valence-electron chi connectivity index (χ3n) is 4.36. The number of nitrogens with one attached hydrogen (secondary N) is 1. The van der Waals surface area contributed by atoms with Crippen molar-refractivity contribution >= 4 is 11.9 Å². The van der Waals surface area contributed by atoms with Crippen LogP contribution in [0.1, 0.15) is 21.5 Å². The highest BCUT2D eigenvalue weighted by Crippen LogP contribution is 2.18. The molecular weight excluding hydrogens is 354 g/mol. The van der Waals surface area contributed by atoms with Gasteiger partial charge in [-0.1, -0.05) is 18.2 Å². The van der Waals surface area contributed by atoms with Crippen LogP contribution in [0.4, 0.5) is 5.95 Å². The standard InChI is InChI=1S/C21H23N5O2/c1-26(12-9-16-7-10-22-11-8-16)20(27)18-14-24-21(25-15-18)23-13-17-5-3-4-6-19(17)28-2/h3-8,10-11,14-15H,9,12-13H2,1-2H3,(H,23,24,25). The van der Waals surface area contributed by atoms with Crippen LogP contribution < -0.4 is 10.1 Å². The molecule has 0 radical (unpaired) electrons. The molecule has 3 rings (SSSR count). The van der Waals surface area contributed by atoms with Crippen LogP contribution in [0, 0.1) is 0 Å². The van der Waals surface area contributed by atoms with Crippen molar-refractivity contribution in [1.29, 1.82) is 0 Å². The zero-order valence-electron chi connectivity index (χ0n) is 16.0. The lowest BCUT2D eigenvalue weighted by Crippen LogP contribution is -2.29. The number of hydrogen-bond acceptors (Lipinski definition) is 6. The molecule has 0 atom stereocenters. The van der Waals surface area contributed by atoms with E-state index >= 15 is 0 Å². The van der Waals surface area contributed by atoms with Crippen molar-refractivity contribution in [3.63, 3.8) is 0 Å². The second kappa shape index (κ2) is 9.45. The van der Waals surface area contributed by atoms with E-state index < -0.39 is 0 Å². The Bertz CT molecular complexity index is 900. The van der Waals surface area contributed by atoms with Gasteiger partial charge >= 0.3 is 0 Å². The number of carbonyl (C=O) groups is 1. The fraction of sp³-hybridized carbons (Fsp3) is 0.238. The van der Waals surface area contributed by atoms with E-state index in [9.17, 15) is 4.79 Å². The summed E-state index contributed by atoms with van der Waals surface area (Å²) in [7, 11) is 3.41. The monoisotopic (exact) mass is 377 g/mol. The normalized spacial score (nSPS) is 10.4. The molecule has 7 heteroatoms. The topological polar surface area (TPSA) is 80.2 Å². The van der Waals surface area contributed by atoms with E-state index in [1.54, 1.807) is 43.8 Å². The number of anilines is 1. The molecule has 2 heterocycles. The SMILES string of the molecule is COc1ccccc1CNc1ncc(C(=O)N(C)CCc2ccncc2)cn1.